The first kappa shape index (κ1) is 26.2. The Balaban J connectivity index is 1.34. The summed E-state index contributed by atoms with van der Waals surface area (Å²) >= 11 is 0. The van der Waals surface area contributed by atoms with Crippen molar-refractivity contribution < 1.29 is 5.48 Å². The number of anilines is 3. The van der Waals surface area contributed by atoms with Gasteiger partial charge in [-0.25, -0.2) is 0 Å². The molecule has 0 atom stereocenters. The van der Waals surface area contributed by atoms with E-state index in [1.807, 2.05) is 71.6 Å². The van der Waals surface area contributed by atoms with Crippen LogP contribution in [0, 0.1) is 0 Å². The first-order chi connectivity index (χ1) is 27.5. The van der Waals surface area contributed by atoms with Crippen molar-refractivity contribution in [3.05, 3.63) is 234 Å². The summed E-state index contributed by atoms with van der Waals surface area (Å²) in [5.74, 6) is 0. The number of nitrogens with zero attached hydrogens (tertiary/aromatic N) is 1. The molecule has 244 valence electrons. The summed E-state index contributed by atoms with van der Waals surface area (Å²) in [7, 11) is 0. The van der Waals surface area contributed by atoms with Crippen LogP contribution in [0.3, 0.4) is 0 Å². The van der Waals surface area contributed by atoms with Crippen LogP contribution in [-0.2, 0) is 5.41 Å². The minimum absolute atomic E-state index is 0.0282. The third-order valence-corrected chi connectivity index (χ3v) is 10.6. The highest BCUT2D eigenvalue weighted by molar-refractivity contribution is 6.04. The molecule has 1 nitrogen and oxygen atoms in total. The number of hydrogen-bond donors (Lipinski definition) is 0. The van der Waals surface area contributed by atoms with Gasteiger partial charge in [0.15, 0.2) is 0 Å². The second-order valence-corrected chi connectivity index (χ2v) is 13.3. The third-order valence-electron chi connectivity index (χ3n) is 10.6. The molecular weight excluding hydrogens is 627 g/mol. The van der Waals surface area contributed by atoms with E-state index >= 15 is 0 Å². The Kier molecular flexibility index (Phi) is 6.17. The lowest BCUT2D eigenvalue weighted by atomic mass is 9.68. The van der Waals surface area contributed by atoms with Crippen LogP contribution in [0.4, 0.5) is 17.1 Å². The monoisotopic (exact) mass is 665 g/mol. The molecule has 0 unspecified atom stereocenters. The molecule has 0 aliphatic heterocycles. The Morgan fingerprint density at radius 3 is 1.87 bits per heavy atom. The molecule has 0 fully saturated rings. The topological polar surface area (TPSA) is 3.24 Å². The first-order valence-corrected chi connectivity index (χ1v) is 17.7. The molecule has 0 N–H and O–H groups in total. The van der Waals surface area contributed by atoms with Crippen LogP contribution in [-0.4, -0.2) is 0 Å². The average Bonchev–Trinajstić information content (AvgIpc) is 3.56. The van der Waals surface area contributed by atoms with Crippen molar-refractivity contribution in [3.63, 3.8) is 0 Å². The molecule has 9 aromatic carbocycles. The van der Waals surface area contributed by atoms with Gasteiger partial charge in [0.2, 0.25) is 0 Å². The van der Waals surface area contributed by atoms with Gasteiger partial charge in [0.1, 0.15) is 0 Å². The fraction of sp³-hybridized carbons (Fsp3) is 0.0196. The van der Waals surface area contributed by atoms with Crippen LogP contribution in [0.15, 0.2) is 212 Å². The molecule has 0 radical (unpaired) electrons. The van der Waals surface area contributed by atoms with Gasteiger partial charge in [-0.2, -0.15) is 0 Å². The fourth-order valence-electron chi connectivity index (χ4n) is 8.37. The fourth-order valence-corrected chi connectivity index (χ4v) is 8.37. The van der Waals surface area contributed by atoms with Crippen LogP contribution in [0.2, 0.25) is 0 Å². The molecule has 0 saturated heterocycles. The Morgan fingerprint density at radius 2 is 1.06 bits per heavy atom. The average molecular weight is 666 g/mol. The highest BCUT2D eigenvalue weighted by Gasteiger charge is 2.47. The number of hydrogen-bond acceptors (Lipinski definition) is 1. The molecule has 1 aliphatic carbocycles. The Labute approximate surface area is 310 Å². The highest BCUT2D eigenvalue weighted by Crippen LogP contribution is 2.59. The number of benzene rings is 9. The van der Waals surface area contributed by atoms with Crippen LogP contribution in [0.5, 0.6) is 0 Å². The first-order valence-electron chi connectivity index (χ1n) is 19.7. The van der Waals surface area contributed by atoms with Crippen molar-refractivity contribution in [1.82, 2.24) is 0 Å². The van der Waals surface area contributed by atoms with E-state index in [0.717, 1.165) is 66.3 Å². The van der Waals surface area contributed by atoms with Crippen LogP contribution in [0.1, 0.15) is 27.7 Å². The van der Waals surface area contributed by atoms with Gasteiger partial charge in [0, 0.05) is 16.6 Å². The van der Waals surface area contributed by atoms with E-state index in [0.29, 0.717) is 11.1 Å². The van der Waals surface area contributed by atoms with Gasteiger partial charge < -0.3 is 4.90 Å². The van der Waals surface area contributed by atoms with Gasteiger partial charge in [-0.05, 0) is 85.4 Å². The largest absolute Gasteiger partial charge is 0.309 e. The van der Waals surface area contributed by atoms with Crippen molar-refractivity contribution in [2.75, 3.05) is 4.90 Å². The standard InChI is InChI=1S/C51H35N/c1-3-21-41(22-4-1)51(42-23-5-2-6-24-42)46-28-12-11-27-45(46)50-47(51)29-15-31-49(50)52(48-30-14-19-37-17-9-10-26-44(37)48)43-25-13-20-39(35-43)40-33-32-36-16-7-8-18-38(36)34-40/h1-35H/i13D,20D,25D,35D. The molecule has 0 amide bonds. The number of rotatable bonds is 6. The van der Waals surface area contributed by atoms with E-state index in [2.05, 4.69) is 121 Å². The smallest absolute Gasteiger partial charge is 0.0714 e. The summed E-state index contributed by atoms with van der Waals surface area (Å²) < 4.78 is 38.2. The molecule has 0 spiro atoms. The molecular formula is C51H35N. The van der Waals surface area contributed by atoms with Gasteiger partial charge in [-0.3, -0.25) is 0 Å². The zero-order valence-electron chi connectivity index (χ0n) is 32.3. The van der Waals surface area contributed by atoms with E-state index in [-0.39, 0.29) is 29.9 Å². The predicted octanol–water partition coefficient (Wildman–Crippen LogP) is 13.5. The van der Waals surface area contributed by atoms with E-state index in [4.69, 9.17) is 0 Å². The summed E-state index contributed by atoms with van der Waals surface area (Å²) in [6.07, 6.45) is 0. The lowest BCUT2D eigenvalue weighted by Gasteiger charge is -2.34. The summed E-state index contributed by atoms with van der Waals surface area (Å²) in [5, 5.41) is 3.99. The zero-order valence-corrected chi connectivity index (χ0v) is 28.3. The predicted molar refractivity (Wildman–Crippen MR) is 219 cm³/mol. The van der Waals surface area contributed by atoms with Crippen molar-refractivity contribution >= 4 is 38.6 Å². The van der Waals surface area contributed by atoms with Crippen molar-refractivity contribution in [2.24, 2.45) is 0 Å². The second kappa shape index (κ2) is 12.3. The molecule has 10 rings (SSSR count). The molecule has 1 heteroatoms. The molecule has 0 aromatic heterocycles. The van der Waals surface area contributed by atoms with E-state index < -0.39 is 5.41 Å². The zero-order chi connectivity index (χ0) is 38.0. The van der Waals surface area contributed by atoms with E-state index in [1.54, 1.807) is 0 Å². The van der Waals surface area contributed by atoms with Crippen LogP contribution < -0.4 is 4.90 Å². The molecule has 52 heavy (non-hydrogen) atoms. The summed E-state index contributed by atoms with van der Waals surface area (Å²) in [5.41, 5.74) is 8.75. The maximum Gasteiger partial charge on any atom is 0.0714 e. The minimum atomic E-state index is -0.662. The Morgan fingerprint density at radius 1 is 0.442 bits per heavy atom. The van der Waals surface area contributed by atoms with E-state index in [1.165, 1.54) is 0 Å². The lowest BCUT2D eigenvalue weighted by molar-refractivity contribution is 0.768. The lowest BCUT2D eigenvalue weighted by Crippen LogP contribution is -2.28. The molecule has 1 aliphatic rings. The quantitative estimate of drug-likeness (QED) is 0.171. The Bertz CT molecular complexity index is 2930. The number of fused-ring (bicyclic) bond motifs is 5. The van der Waals surface area contributed by atoms with Gasteiger partial charge in [-0.15, -0.1) is 0 Å². The molecule has 0 heterocycles. The summed E-state index contributed by atoms with van der Waals surface area (Å²) in [4.78, 5) is 2.02. The van der Waals surface area contributed by atoms with Crippen LogP contribution in [0.25, 0.3) is 43.8 Å². The van der Waals surface area contributed by atoms with Crippen LogP contribution >= 0.6 is 0 Å². The minimum Gasteiger partial charge on any atom is -0.309 e. The van der Waals surface area contributed by atoms with Crippen molar-refractivity contribution in [3.8, 4) is 22.3 Å². The molecule has 0 bridgehead atoms. The SMILES string of the molecule is [2H]c1c([2H])c(-c2ccc3ccccc3c2)c([2H])c(N(c2cccc3c2-c2ccccc2C3(c2ccccc2)c2ccccc2)c2cccc3ccccc23)c1[2H]. The van der Waals surface area contributed by atoms with Gasteiger partial charge in [0.05, 0.1) is 22.3 Å². The summed E-state index contributed by atoms with van der Waals surface area (Å²) in [6.45, 7) is 0. The van der Waals surface area contributed by atoms with Gasteiger partial charge in [0.25, 0.3) is 0 Å². The van der Waals surface area contributed by atoms with Gasteiger partial charge in [-0.1, -0.05) is 182 Å². The summed E-state index contributed by atoms with van der Waals surface area (Å²) in [6, 6.07) is 64.0. The normalized spacial score (nSPS) is 13.8. The van der Waals surface area contributed by atoms with Crippen molar-refractivity contribution in [1.29, 1.82) is 0 Å². The third kappa shape index (κ3) is 4.63. The van der Waals surface area contributed by atoms with Crippen molar-refractivity contribution in [2.45, 2.75) is 5.41 Å². The van der Waals surface area contributed by atoms with E-state index in [9.17, 15) is 5.48 Å². The molecule has 0 saturated carbocycles. The maximum atomic E-state index is 10.0. The van der Waals surface area contributed by atoms with Gasteiger partial charge >= 0.3 is 0 Å². The Hall–Kier alpha value is -6.70. The highest BCUT2D eigenvalue weighted by atomic mass is 15.1. The molecule has 9 aromatic rings. The maximum absolute atomic E-state index is 10.0. The second-order valence-electron chi connectivity index (χ2n) is 13.3.